The number of thiophene rings is 1. The van der Waals surface area contributed by atoms with Crippen LogP contribution < -0.4 is 0 Å². The Kier molecular flexibility index (Phi) is 3.31. The Hall–Kier alpha value is -4.08. The van der Waals surface area contributed by atoms with Crippen LogP contribution in [-0.4, -0.2) is 4.98 Å². The van der Waals surface area contributed by atoms with E-state index in [-0.39, 0.29) is 0 Å². The van der Waals surface area contributed by atoms with Crippen molar-refractivity contribution in [3.8, 4) is 11.1 Å². The van der Waals surface area contributed by atoms with Gasteiger partial charge in [-0.25, -0.2) is 0 Å². The van der Waals surface area contributed by atoms with Crippen molar-refractivity contribution in [3.05, 3.63) is 97.1 Å². The summed E-state index contributed by atoms with van der Waals surface area (Å²) in [7, 11) is 0. The zero-order chi connectivity index (χ0) is 21.5. The molecule has 8 rings (SSSR count). The van der Waals surface area contributed by atoms with Crippen LogP contribution >= 0.6 is 11.3 Å². The van der Waals surface area contributed by atoms with E-state index < -0.39 is 0 Å². The number of hydrogen-bond donors (Lipinski definition) is 1. The van der Waals surface area contributed by atoms with Crippen LogP contribution in [0.3, 0.4) is 0 Å². The highest BCUT2D eigenvalue weighted by molar-refractivity contribution is 7.26. The lowest BCUT2D eigenvalue weighted by atomic mass is 9.98. The predicted octanol–water partition coefficient (Wildman–Crippen LogP) is 9.26. The maximum Gasteiger partial charge on any atom is 0.136 e. The first-order valence-corrected chi connectivity index (χ1v) is 11.9. The molecule has 0 aliphatic rings. The van der Waals surface area contributed by atoms with E-state index in [1.165, 1.54) is 53.0 Å². The van der Waals surface area contributed by atoms with Gasteiger partial charge in [0.25, 0.3) is 0 Å². The molecule has 0 fully saturated rings. The van der Waals surface area contributed by atoms with Gasteiger partial charge in [0.15, 0.2) is 0 Å². The third-order valence-electron chi connectivity index (χ3n) is 6.83. The molecular formula is C30H17NOS. The number of H-pyrrole nitrogens is 1. The van der Waals surface area contributed by atoms with Gasteiger partial charge in [-0.2, -0.15) is 0 Å². The quantitative estimate of drug-likeness (QED) is 0.271. The Bertz CT molecular complexity index is 2040. The molecule has 0 amide bonds. The molecule has 0 bridgehead atoms. The second kappa shape index (κ2) is 6.25. The van der Waals surface area contributed by atoms with Crippen molar-refractivity contribution < 1.29 is 4.42 Å². The molecule has 0 radical (unpaired) electrons. The molecule has 0 saturated heterocycles. The van der Waals surface area contributed by atoms with Crippen LogP contribution in [-0.2, 0) is 0 Å². The fraction of sp³-hybridized carbons (Fsp3) is 0. The first-order chi connectivity index (χ1) is 16.3. The number of nitrogens with one attached hydrogen (secondary N) is 1. The molecule has 3 heteroatoms. The van der Waals surface area contributed by atoms with Gasteiger partial charge in [0.2, 0.25) is 0 Å². The number of fused-ring (bicyclic) bond motifs is 10. The highest BCUT2D eigenvalue weighted by atomic mass is 32.1. The number of rotatable bonds is 1. The average Bonchev–Trinajstić information content (AvgIpc) is 3.53. The summed E-state index contributed by atoms with van der Waals surface area (Å²) in [5, 5.41) is 7.52. The van der Waals surface area contributed by atoms with Gasteiger partial charge in [-0.1, -0.05) is 66.7 Å². The summed E-state index contributed by atoms with van der Waals surface area (Å²) in [6.45, 7) is 0. The first kappa shape index (κ1) is 17.5. The summed E-state index contributed by atoms with van der Waals surface area (Å²) in [5.74, 6) is 0. The van der Waals surface area contributed by atoms with Crippen LogP contribution in [0.5, 0.6) is 0 Å². The second-order valence-corrected chi connectivity index (χ2v) is 9.71. The Morgan fingerprint density at radius 3 is 2.36 bits per heavy atom. The molecule has 8 aromatic rings. The molecule has 33 heavy (non-hydrogen) atoms. The molecule has 0 saturated carbocycles. The minimum Gasteiger partial charge on any atom is -0.456 e. The average molecular weight is 440 g/mol. The SMILES string of the molecule is c1ccc2c(c1)oc1cccc(-c3ccc4c(c3)[nH]c3c4ccc4sc5ccccc5c43)c12. The smallest absolute Gasteiger partial charge is 0.136 e. The molecule has 2 nitrogen and oxygen atoms in total. The number of aromatic nitrogens is 1. The predicted molar refractivity (Wildman–Crippen MR) is 141 cm³/mol. The van der Waals surface area contributed by atoms with Crippen molar-refractivity contribution in [1.29, 1.82) is 0 Å². The molecular weight excluding hydrogens is 422 g/mol. The molecule has 0 spiro atoms. The summed E-state index contributed by atoms with van der Waals surface area (Å²) in [5.41, 5.74) is 6.64. The van der Waals surface area contributed by atoms with Crippen LogP contribution in [0, 0.1) is 0 Å². The van der Waals surface area contributed by atoms with Gasteiger partial charge in [-0.3, -0.25) is 0 Å². The van der Waals surface area contributed by atoms with Crippen molar-refractivity contribution in [2.24, 2.45) is 0 Å². The molecule has 3 heterocycles. The Morgan fingerprint density at radius 2 is 1.39 bits per heavy atom. The number of furan rings is 1. The second-order valence-electron chi connectivity index (χ2n) is 8.62. The molecule has 154 valence electrons. The highest BCUT2D eigenvalue weighted by Gasteiger charge is 2.15. The highest BCUT2D eigenvalue weighted by Crippen LogP contribution is 2.42. The summed E-state index contributed by atoms with van der Waals surface area (Å²) in [4.78, 5) is 3.77. The summed E-state index contributed by atoms with van der Waals surface area (Å²) in [6, 6.07) is 34.6. The molecule has 0 aliphatic heterocycles. The molecule has 3 aromatic heterocycles. The Balaban J connectivity index is 1.44. The van der Waals surface area contributed by atoms with Crippen molar-refractivity contribution in [2.45, 2.75) is 0 Å². The van der Waals surface area contributed by atoms with Gasteiger partial charge >= 0.3 is 0 Å². The zero-order valence-corrected chi connectivity index (χ0v) is 18.4. The van der Waals surface area contributed by atoms with E-state index in [0.29, 0.717) is 0 Å². The maximum atomic E-state index is 6.12. The standard InChI is InChI=1S/C30H17NOS/c1-3-9-24-21(6-1)28-18(8-5-10-25(28)32-24)17-12-13-19-20-14-15-27-29(30(20)31-23(19)16-17)22-7-2-4-11-26(22)33-27/h1-16,31H. The number of para-hydroxylation sites is 1. The summed E-state index contributed by atoms with van der Waals surface area (Å²) in [6.07, 6.45) is 0. The number of hydrogen-bond acceptors (Lipinski definition) is 2. The molecule has 0 unspecified atom stereocenters. The van der Waals surface area contributed by atoms with Gasteiger partial charge < -0.3 is 9.40 Å². The van der Waals surface area contributed by atoms with E-state index in [1.807, 2.05) is 23.5 Å². The molecule has 1 N–H and O–H groups in total. The van der Waals surface area contributed by atoms with E-state index >= 15 is 0 Å². The zero-order valence-electron chi connectivity index (χ0n) is 17.6. The van der Waals surface area contributed by atoms with E-state index in [0.717, 1.165) is 22.1 Å². The van der Waals surface area contributed by atoms with Crippen LogP contribution in [0.4, 0.5) is 0 Å². The van der Waals surface area contributed by atoms with E-state index in [2.05, 4.69) is 89.9 Å². The maximum absolute atomic E-state index is 6.12. The number of aromatic amines is 1. The fourth-order valence-corrected chi connectivity index (χ4v) is 6.48. The van der Waals surface area contributed by atoms with Crippen molar-refractivity contribution >= 4 is 75.3 Å². The van der Waals surface area contributed by atoms with Crippen molar-refractivity contribution in [2.75, 3.05) is 0 Å². The lowest BCUT2D eigenvalue weighted by Crippen LogP contribution is -1.80. The van der Waals surface area contributed by atoms with Crippen molar-refractivity contribution in [3.63, 3.8) is 0 Å². The van der Waals surface area contributed by atoms with Gasteiger partial charge in [0, 0.05) is 47.2 Å². The molecule has 0 atom stereocenters. The van der Waals surface area contributed by atoms with Gasteiger partial charge in [-0.15, -0.1) is 11.3 Å². The monoisotopic (exact) mass is 439 g/mol. The van der Waals surface area contributed by atoms with Crippen LogP contribution in [0.1, 0.15) is 0 Å². The van der Waals surface area contributed by atoms with Gasteiger partial charge in [-0.05, 0) is 41.5 Å². The Morgan fingerprint density at radius 1 is 0.576 bits per heavy atom. The summed E-state index contributed by atoms with van der Waals surface area (Å²) < 4.78 is 8.78. The lowest BCUT2D eigenvalue weighted by molar-refractivity contribution is 0.669. The van der Waals surface area contributed by atoms with Crippen molar-refractivity contribution in [1.82, 2.24) is 4.98 Å². The first-order valence-electron chi connectivity index (χ1n) is 11.1. The third kappa shape index (κ3) is 2.32. The van der Waals surface area contributed by atoms with Crippen LogP contribution in [0.25, 0.3) is 75.0 Å². The third-order valence-corrected chi connectivity index (χ3v) is 7.96. The number of benzene rings is 5. The van der Waals surface area contributed by atoms with E-state index in [4.69, 9.17) is 4.42 Å². The van der Waals surface area contributed by atoms with Crippen LogP contribution in [0.15, 0.2) is 101 Å². The minimum absolute atomic E-state index is 0.928. The lowest BCUT2D eigenvalue weighted by Gasteiger charge is -2.04. The largest absolute Gasteiger partial charge is 0.456 e. The van der Waals surface area contributed by atoms with E-state index in [1.54, 1.807) is 0 Å². The topological polar surface area (TPSA) is 28.9 Å². The fourth-order valence-electron chi connectivity index (χ4n) is 5.37. The van der Waals surface area contributed by atoms with Crippen LogP contribution in [0.2, 0.25) is 0 Å². The molecule has 5 aromatic carbocycles. The minimum atomic E-state index is 0.928. The van der Waals surface area contributed by atoms with E-state index in [9.17, 15) is 0 Å². The summed E-state index contributed by atoms with van der Waals surface area (Å²) >= 11 is 1.86. The van der Waals surface area contributed by atoms with Gasteiger partial charge in [0.1, 0.15) is 11.2 Å². The molecule has 0 aliphatic carbocycles. The Labute approximate surface area is 192 Å². The normalized spacial score (nSPS) is 12.2. The van der Waals surface area contributed by atoms with Gasteiger partial charge in [0.05, 0.1) is 5.52 Å².